The first-order chi connectivity index (χ1) is 9.10. The minimum Gasteiger partial charge on any atom is -0.507 e. The lowest BCUT2D eigenvalue weighted by molar-refractivity contribution is 0.102. The average molecular weight is 341 g/mol. The largest absolute Gasteiger partial charge is 0.507 e. The van der Waals surface area contributed by atoms with Crippen LogP contribution in [0.4, 0.5) is 5.69 Å². The van der Waals surface area contributed by atoms with Gasteiger partial charge in [-0.15, -0.1) is 0 Å². The number of hydrogen-bond acceptors (Lipinski definition) is 2. The quantitative estimate of drug-likeness (QED) is 0.823. The molecule has 0 heterocycles. The molecule has 0 saturated heterocycles. The number of phenolic OH excluding ortho intramolecular Hbond substituents is 1. The Morgan fingerprint density at radius 1 is 1.21 bits per heavy atom. The van der Waals surface area contributed by atoms with E-state index in [0.717, 1.165) is 10.9 Å². The van der Waals surface area contributed by atoms with Gasteiger partial charge in [0.1, 0.15) is 5.75 Å². The summed E-state index contributed by atoms with van der Waals surface area (Å²) in [6.07, 6.45) is 0. The summed E-state index contributed by atoms with van der Waals surface area (Å²) in [7, 11) is 0. The number of halogens is 2. The van der Waals surface area contributed by atoms with Gasteiger partial charge in [-0.1, -0.05) is 39.7 Å². The zero-order chi connectivity index (χ0) is 13.8. The van der Waals surface area contributed by atoms with Crippen molar-refractivity contribution in [2.24, 2.45) is 0 Å². The lowest BCUT2D eigenvalue weighted by Crippen LogP contribution is -2.12. The van der Waals surface area contributed by atoms with Gasteiger partial charge in [0.15, 0.2) is 0 Å². The van der Waals surface area contributed by atoms with Crippen LogP contribution in [0, 0.1) is 0 Å². The molecular weight excluding hydrogens is 330 g/mol. The number of carbonyl (C=O) groups is 1. The van der Waals surface area contributed by atoms with Gasteiger partial charge in [-0.25, -0.2) is 0 Å². The van der Waals surface area contributed by atoms with Gasteiger partial charge < -0.3 is 10.4 Å². The Labute approximate surface area is 124 Å². The summed E-state index contributed by atoms with van der Waals surface area (Å²) in [6.45, 7) is 0. The number of rotatable bonds is 3. The summed E-state index contributed by atoms with van der Waals surface area (Å²) in [6, 6.07) is 11.8. The molecular formula is C14H11BrClNO2. The molecule has 98 valence electrons. The van der Waals surface area contributed by atoms with Crippen molar-refractivity contribution in [3.8, 4) is 5.75 Å². The van der Waals surface area contributed by atoms with Crippen LogP contribution in [-0.4, -0.2) is 11.0 Å². The maximum atomic E-state index is 12.0. The smallest absolute Gasteiger partial charge is 0.259 e. The van der Waals surface area contributed by atoms with E-state index < -0.39 is 5.91 Å². The molecule has 19 heavy (non-hydrogen) atoms. The topological polar surface area (TPSA) is 49.3 Å². The van der Waals surface area contributed by atoms with Gasteiger partial charge >= 0.3 is 0 Å². The van der Waals surface area contributed by atoms with Crippen molar-refractivity contribution >= 4 is 39.1 Å². The van der Waals surface area contributed by atoms with E-state index in [0.29, 0.717) is 10.7 Å². The molecule has 2 aromatic rings. The summed E-state index contributed by atoms with van der Waals surface area (Å²) in [5.41, 5.74) is 1.93. The maximum Gasteiger partial charge on any atom is 0.259 e. The highest BCUT2D eigenvalue weighted by Gasteiger charge is 2.11. The number of aromatic hydroxyl groups is 1. The number of anilines is 1. The lowest BCUT2D eigenvalue weighted by atomic mass is 10.1. The van der Waals surface area contributed by atoms with E-state index in [1.807, 2.05) is 12.1 Å². The monoisotopic (exact) mass is 339 g/mol. The van der Waals surface area contributed by atoms with Crippen molar-refractivity contribution in [2.75, 3.05) is 5.32 Å². The predicted octanol–water partition coefficient (Wildman–Crippen LogP) is 4.19. The highest BCUT2D eigenvalue weighted by Crippen LogP contribution is 2.22. The molecule has 0 aliphatic rings. The van der Waals surface area contributed by atoms with Crippen molar-refractivity contribution in [3.63, 3.8) is 0 Å². The van der Waals surface area contributed by atoms with Crippen molar-refractivity contribution < 1.29 is 9.90 Å². The zero-order valence-electron chi connectivity index (χ0n) is 9.86. The van der Waals surface area contributed by atoms with E-state index in [-0.39, 0.29) is 11.3 Å². The van der Waals surface area contributed by atoms with Gasteiger partial charge in [-0.05, 0) is 35.9 Å². The fourth-order valence-electron chi connectivity index (χ4n) is 1.57. The molecule has 0 fully saturated rings. The first-order valence-corrected chi connectivity index (χ1v) is 7.05. The Hall–Kier alpha value is -1.52. The van der Waals surface area contributed by atoms with E-state index in [9.17, 15) is 9.90 Å². The number of alkyl halides is 1. The van der Waals surface area contributed by atoms with Crippen molar-refractivity contribution in [1.82, 2.24) is 0 Å². The summed E-state index contributed by atoms with van der Waals surface area (Å²) < 4.78 is 0. The first kappa shape index (κ1) is 13.9. The van der Waals surface area contributed by atoms with E-state index in [2.05, 4.69) is 21.2 Å². The second kappa shape index (κ2) is 6.08. The number of benzene rings is 2. The first-order valence-electron chi connectivity index (χ1n) is 5.55. The molecule has 0 atom stereocenters. The van der Waals surface area contributed by atoms with Crippen LogP contribution in [0.15, 0.2) is 42.5 Å². The molecule has 0 aliphatic carbocycles. The number of nitrogens with one attached hydrogen (secondary N) is 1. The molecule has 2 aromatic carbocycles. The Balaban J connectivity index is 2.18. The van der Waals surface area contributed by atoms with Gasteiger partial charge in [0.25, 0.3) is 5.91 Å². The molecule has 2 N–H and O–H groups in total. The molecule has 0 aromatic heterocycles. The predicted molar refractivity (Wildman–Crippen MR) is 80.1 cm³/mol. The van der Waals surface area contributed by atoms with Crippen molar-refractivity contribution in [1.29, 1.82) is 0 Å². The number of phenols is 1. The molecule has 2 rings (SSSR count). The molecule has 0 radical (unpaired) electrons. The molecule has 0 unspecified atom stereocenters. The fourth-order valence-corrected chi connectivity index (χ4v) is 2.11. The molecule has 0 spiro atoms. The number of hydrogen-bond donors (Lipinski definition) is 2. The van der Waals surface area contributed by atoms with Gasteiger partial charge in [0, 0.05) is 16.0 Å². The van der Waals surface area contributed by atoms with Crippen LogP contribution in [0.5, 0.6) is 5.75 Å². The molecule has 0 aliphatic heterocycles. The normalized spacial score (nSPS) is 10.2. The highest BCUT2D eigenvalue weighted by atomic mass is 79.9. The third-order valence-corrected chi connectivity index (χ3v) is 3.45. The SMILES string of the molecule is O=C(Nc1ccc(CBr)cc1)c1cc(Cl)ccc1O. The average Bonchev–Trinajstić information content (AvgIpc) is 2.42. The summed E-state index contributed by atoms with van der Waals surface area (Å²) in [5.74, 6) is -0.495. The van der Waals surface area contributed by atoms with Crippen LogP contribution in [-0.2, 0) is 5.33 Å². The van der Waals surface area contributed by atoms with Crippen LogP contribution < -0.4 is 5.32 Å². The van der Waals surface area contributed by atoms with Gasteiger partial charge in [-0.2, -0.15) is 0 Å². The van der Waals surface area contributed by atoms with Crippen LogP contribution in [0.2, 0.25) is 5.02 Å². The Morgan fingerprint density at radius 3 is 2.53 bits per heavy atom. The number of amides is 1. The Morgan fingerprint density at radius 2 is 1.89 bits per heavy atom. The molecule has 0 bridgehead atoms. The van der Waals surface area contributed by atoms with E-state index in [4.69, 9.17) is 11.6 Å². The minimum absolute atomic E-state index is 0.0982. The van der Waals surface area contributed by atoms with Crippen LogP contribution in [0.25, 0.3) is 0 Å². The maximum absolute atomic E-state index is 12.0. The molecule has 1 amide bonds. The third-order valence-electron chi connectivity index (χ3n) is 2.57. The van der Waals surface area contributed by atoms with Crippen LogP contribution in [0.3, 0.4) is 0 Å². The summed E-state index contributed by atoms with van der Waals surface area (Å²) in [5, 5.41) is 13.5. The van der Waals surface area contributed by atoms with Gasteiger partial charge in [0.05, 0.1) is 5.56 Å². The van der Waals surface area contributed by atoms with Crippen molar-refractivity contribution in [3.05, 3.63) is 58.6 Å². The van der Waals surface area contributed by atoms with Crippen LogP contribution in [0.1, 0.15) is 15.9 Å². The standard InChI is InChI=1S/C14H11BrClNO2/c15-8-9-1-4-11(5-2-9)17-14(19)12-7-10(16)3-6-13(12)18/h1-7,18H,8H2,(H,17,19). The van der Waals surface area contributed by atoms with Gasteiger partial charge in [0.2, 0.25) is 0 Å². The molecule has 5 heteroatoms. The third kappa shape index (κ3) is 3.49. The van der Waals surface area contributed by atoms with Crippen LogP contribution >= 0.6 is 27.5 Å². The highest BCUT2D eigenvalue weighted by molar-refractivity contribution is 9.08. The van der Waals surface area contributed by atoms with Crippen molar-refractivity contribution in [2.45, 2.75) is 5.33 Å². The Bertz CT molecular complexity index is 599. The summed E-state index contributed by atoms with van der Waals surface area (Å²) in [4.78, 5) is 12.0. The number of carbonyl (C=O) groups excluding carboxylic acids is 1. The zero-order valence-corrected chi connectivity index (χ0v) is 12.2. The fraction of sp³-hybridized carbons (Fsp3) is 0.0714. The van der Waals surface area contributed by atoms with Gasteiger partial charge in [-0.3, -0.25) is 4.79 Å². The van der Waals surface area contributed by atoms with E-state index in [1.54, 1.807) is 12.1 Å². The second-order valence-corrected chi connectivity index (χ2v) is 4.94. The van der Waals surface area contributed by atoms with E-state index in [1.165, 1.54) is 18.2 Å². The molecule has 0 saturated carbocycles. The Kier molecular flexibility index (Phi) is 4.45. The minimum atomic E-state index is -0.397. The molecule has 3 nitrogen and oxygen atoms in total. The second-order valence-electron chi connectivity index (χ2n) is 3.95. The lowest BCUT2D eigenvalue weighted by Gasteiger charge is -2.07. The summed E-state index contributed by atoms with van der Waals surface area (Å²) >= 11 is 9.16. The van der Waals surface area contributed by atoms with E-state index >= 15 is 0 Å².